The van der Waals surface area contributed by atoms with E-state index in [0.717, 1.165) is 42.6 Å². The van der Waals surface area contributed by atoms with Gasteiger partial charge in [-0.2, -0.15) is 0 Å². The number of fused-ring (bicyclic) bond motifs is 1. The van der Waals surface area contributed by atoms with Gasteiger partial charge >= 0.3 is 6.03 Å². The summed E-state index contributed by atoms with van der Waals surface area (Å²) in [5.74, 6) is 0.0572. The predicted octanol–water partition coefficient (Wildman–Crippen LogP) is 2.88. The lowest BCUT2D eigenvalue weighted by Crippen LogP contribution is -2.29. The number of hydrogen-bond acceptors (Lipinski definition) is 2. The van der Waals surface area contributed by atoms with E-state index >= 15 is 0 Å². The molecule has 0 bridgehead atoms. The van der Waals surface area contributed by atoms with Gasteiger partial charge in [-0.15, -0.1) is 0 Å². The molecule has 1 aromatic rings. The van der Waals surface area contributed by atoms with E-state index in [0.29, 0.717) is 13.0 Å². The molecule has 5 heteroatoms. The summed E-state index contributed by atoms with van der Waals surface area (Å²) >= 11 is 0. The summed E-state index contributed by atoms with van der Waals surface area (Å²) in [6.07, 6.45) is 4.27. The number of anilines is 2. The third-order valence-electron chi connectivity index (χ3n) is 3.30. The highest BCUT2D eigenvalue weighted by Gasteiger charge is 2.13. The third kappa shape index (κ3) is 3.98. The number of unbranched alkanes of at least 4 members (excludes halogenated alkanes) is 1. The van der Waals surface area contributed by atoms with Crippen LogP contribution in [0.15, 0.2) is 18.2 Å². The molecule has 0 aliphatic carbocycles. The molecule has 0 fully saturated rings. The summed E-state index contributed by atoms with van der Waals surface area (Å²) in [5.41, 5.74) is 2.68. The quantitative estimate of drug-likeness (QED) is 0.739. The molecular weight excluding hydrogens is 254 g/mol. The zero-order valence-electron chi connectivity index (χ0n) is 11.8. The van der Waals surface area contributed by atoms with E-state index in [2.05, 4.69) is 22.9 Å². The number of nitrogens with one attached hydrogen (secondary N) is 3. The lowest BCUT2D eigenvalue weighted by molar-refractivity contribution is -0.116. The van der Waals surface area contributed by atoms with Crippen molar-refractivity contribution in [3.8, 4) is 0 Å². The second-order valence-electron chi connectivity index (χ2n) is 5.01. The van der Waals surface area contributed by atoms with Gasteiger partial charge < -0.3 is 16.0 Å². The maximum absolute atomic E-state index is 11.7. The van der Waals surface area contributed by atoms with Crippen LogP contribution in [0, 0.1) is 0 Å². The van der Waals surface area contributed by atoms with Crippen LogP contribution in [-0.2, 0) is 11.2 Å². The van der Waals surface area contributed by atoms with Crippen molar-refractivity contribution in [2.75, 3.05) is 17.2 Å². The zero-order chi connectivity index (χ0) is 14.4. The molecule has 1 aliphatic heterocycles. The van der Waals surface area contributed by atoms with Crippen molar-refractivity contribution < 1.29 is 9.59 Å². The molecule has 0 saturated heterocycles. The average Bonchev–Trinajstić information content (AvgIpc) is 2.59. The molecular formula is C15H21N3O2. The molecule has 5 nitrogen and oxygen atoms in total. The Morgan fingerprint density at radius 1 is 1.35 bits per heavy atom. The van der Waals surface area contributed by atoms with Gasteiger partial charge in [0.15, 0.2) is 0 Å². The van der Waals surface area contributed by atoms with Gasteiger partial charge in [0.1, 0.15) is 0 Å². The molecule has 3 amide bonds. The van der Waals surface area contributed by atoms with Crippen molar-refractivity contribution in [3.05, 3.63) is 23.8 Å². The van der Waals surface area contributed by atoms with Gasteiger partial charge in [-0.05, 0) is 43.0 Å². The van der Waals surface area contributed by atoms with Crippen LogP contribution < -0.4 is 16.0 Å². The molecule has 1 aliphatic rings. The standard InChI is InChI=1S/C15H21N3O2/c1-2-3-9-16-15(20)17-12-7-8-13-11(10-12)5-4-6-14(19)18-13/h7-8,10H,2-6,9H2,1H3,(H,18,19)(H2,16,17,20). The van der Waals surface area contributed by atoms with Crippen molar-refractivity contribution >= 4 is 23.3 Å². The van der Waals surface area contributed by atoms with Gasteiger partial charge in [0.2, 0.25) is 5.91 Å². The summed E-state index contributed by atoms with van der Waals surface area (Å²) < 4.78 is 0. The highest BCUT2D eigenvalue weighted by atomic mass is 16.2. The van der Waals surface area contributed by atoms with Crippen LogP contribution >= 0.6 is 0 Å². The Hall–Kier alpha value is -2.04. The molecule has 1 aromatic carbocycles. The molecule has 2 rings (SSSR count). The lowest BCUT2D eigenvalue weighted by Gasteiger charge is -2.11. The molecule has 20 heavy (non-hydrogen) atoms. The van der Waals surface area contributed by atoms with Crippen LogP contribution in [0.3, 0.4) is 0 Å². The minimum absolute atomic E-state index is 0.0572. The van der Waals surface area contributed by atoms with Gasteiger partial charge in [-0.3, -0.25) is 4.79 Å². The first-order valence-corrected chi connectivity index (χ1v) is 7.16. The topological polar surface area (TPSA) is 70.2 Å². The molecule has 0 saturated carbocycles. The molecule has 0 unspecified atom stereocenters. The largest absolute Gasteiger partial charge is 0.338 e. The monoisotopic (exact) mass is 275 g/mol. The third-order valence-corrected chi connectivity index (χ3v) is 3.30. The number of rotatable bonds is 4. The summed E-state index contributed by atoms with van der Waals surface area (Å²) in [6, 6.07) is 5.40. The normalized spacial score (nSPS) is 13.9. The maximum Gasteiger partial charge on any atom is 0.319 e. The van der Waals surface area contributed by atoms with E-state index in [-0.39, 0.29) is 11.9 Å². The molecule has 0 aromatic heterocycles. The van der Waals surface area contributed by atoms with Crippen LogP contribution in [0.25, 0.3) is 0 Å². The fourth-order valence-electron chi connectivity index (χ4n) is 2.21. The van der Waals surface area contributed by atoms with Crippen LogP contribution in [0.5, 0.6) is 0 Å². The number of amides is 3. The first kappa shape index (κ1) is 14.4. The number of aryl methyl sites for hydroxylation is 1. The molecule has 0 atom stereocenters. The Bertz CT molecular complexity index is 500. The second-order valence-corrected chi connectivity index (χ2v) is 5.01. The lowest BCUT2D eigenvalue weighted by atomic mass is 10.1. The van der Waals surface area contributed by atoms with E-state index in [9.17, 15) is 9.59 Å². The van der Waals surface area contributed by atoms with Gasteiger partial charge in [0.25, 0.3) is 0 Å². The zero-order valence-corrected chi connectivity index (χ0v) is 11.8. The Morgan fingerprint density at radius 3 is 3.00 bits per heavy atom. The molecule has 3 N–H and O–H groups in total. The van der Waals surface area contributed by atoms with E-state index in [1.807, 2.05) is 18.2 Å². The number of urea groups is 1. The van der Waals surface area contributed by atoms with E-state index in [4.69, 9.17) is 0 Å². The highest BCUT2D eigenvalue weighted by Crippen LogP contribution is 2.25. The number of hydrogen-bond donors (Lipinski definition) is 3. The van der Waals surface area contributed by atoms with Gasteiger partial charge in [-0.25, -0.2) is 4.79 Å². The van der Waals surface area contributed by atoms with E-state index < -0.39 is 0 Å². The van der Waals surface area contributed by atoms with E-state index in [1.165, 1.54) is 0 Å². The van der Waals surface area contributed by atoms with Crippen molar-refractivity contribution in [1.29, 1.82) is 0 Å². The Balaban J connectivity index is 1.98. The highest BCUT2D eigenvalue weighted by molar-refractivity contribution is 5.94. The fourth-order valence-corrected chi connectivity index (χ4v) is 2.21. The van der Waals surface area contributed by atoms with Crippen molar-refractivity contribution in [2.45, 2.75) is 39.0 Å². The molecule has 0 spiro atoms. The SMILES string of the molecule is CCCCNC(=O)Nc1ccc2c(c1)CCCC(=O)N2. The summed E-state index contributed by atoms with van der Waals surface area (Å²) in [5, 5.41) is 8.51. The minimum Gasteiger partial charge on any atom is -0.338 e. The minimum atomic E-state index is -0.184. The summed E-state index contributed by atoms with van der Waals surface area (Å²) in [6.45, 7) is 2.77. The molecule has 108 valence electrons. The smallest absolute Gasteiger partial charge is 0.319 e. The maximum atomic E-state index is 11.7. The van der Waals surface area contributed by atoms with Gasteiger partial charge in [0, 0.05) is 24.3 Å². The fraction of sp³-hybridized carbons (Fsp3) is 0.467. The van der Waals surface area contributed by atoms with Crippen LogP contribution in [-0.4, -0.2) is 18.5 Å². The molecule has 0 radical (unpaired) electrons. The average molecular weight is 275 g/mol. The first-order valence-electron chi connectivity index (χ1n) is 7.16. The first-order chi connectivity index (χ1) is 9.69. The summed E-state index contributed by atoms with van der Waals surface area (Å²) in [7, 11) is 0. The predicted molar refractivity (Wildman–Crippen MR) is 79.9 cm³/mol. The Labute approximate surface area is 119 Å². The number of carbonyl (C=O) groups is 2. The van der Waals surface area contributed by atoms with Crippen molar-refractivity contribution in [2.24, 2.45) is 0 Å². The Kier molecular flexibility index (Phi) is 4.98. The van der Waals surface area contributed by atoms with Crippen LogP contribution in [0.4, 0.5) is 16.2 Å². The van der Waals surface area contributed by atoms with Crippen molar-refractivity contribution in [3.63, 3.8) is 0 Å². The second kappa shape index (κ2) is 6.93. The Morgan fingerprint density at radius 2 is 2.20 bits per heavy atom. The number of benzene rings is 1. The van der Waals surface area contributed by atoms with Crippen LogP contribution in [0.2, 0.25) is 0 Å². The van der Waals surface area contributed by atoms with Gasteiger partial charge in [-0.1, -0.05) is 13.3 Å². The molecule has 1 heterocycles. The number of carbonyl (C=O) groups excluding carboxylic acids is 2. The van der Waals surface area contributed by atoms with Crippen LogP contribution in [0.1, 0.15) is 38.2 Å². The van der Waals surface area contributed by atoms with Gasteiger partial charge in [0.05, 0.1) is 0 Å². The van der Waals surface area contributed by atoms with Crippen molar-refractivity contribution in [1.82, 2.24) is 5.32 Å². The van der Waals surface area contributed by atoms with E-state index in [1.54, 1.807) is 0 Å². The summed E-state index contributed by atoms with van der Waals surface area (Å²) in [4.78, 5) is 23.1.